The third-order valence-corrected chi connectivity index (χ3v) is 2.86. The Bertz CT molecular complexity index is 732. The number of rotatable bonds is 2. The maximum absolute atomic E-state index is 12.9. The molecule has 0 aliphatic heterocycles. The van der Waals surface area contributed by atoms with E-state index in [1.807, 2.05) is 0 Å². The molecular weight excluding hydrogens is 309 g/mol. The molecule has 0 atom stereocenters. The molecule has 1 aromatic carbocycles. The average Bonchev–Trinajstić information content (AvgIpc) is 2.84. The number of nitriles is 1. The minimum Gasteiger partial charge on any atom is -0.452 e. The molecule has 1 amide bonds. The van der Waals surface area contributed by atoms with Crippen LogP contribution in [0.1, 0.15) is 21.5 Å². The van der Waals surface area contributed by atoms with E-state index in [1.165, 1.54) is 12.1 Å². The van der Waals surface area contributed by atoms with Crippen molar-refractivity contribution in [2.75, 3.05) is 5.32 Å². The number of hydrogen-bond acceptors (Lipinski definition) is 3. The van der Waals surface area contributed by atoms with Gasteiger partial charge in [-0.2, -0.15) is 18.4 Å². The molecule has 1 heterocycles. The zero-order chi connectivity index (χ0) is 15.6. The van der Waals surface area contributed by atoms with Crippen LogP contribution in [-0.2, 0) is 6.18 Å². The summed E-state index contributed by atoms with van der Waals surface area (Å²) in [6.45, 7) is 0. The Balaban J connectivity index is 2.39. The summed E-state index contributed by atoms with van der Waals surface area (Å²) in [5, 5.41) is 10.5. The van der Waals surface area contributed by atoms with Gasteiger partial charge in [0.05, 0.1) is 34.7 Å². The van der Waals surface area contributed by atoms with E-state index < -0.39 is 23.3 Å². The van der Waals surface area contributed by atoms with E-state index in [2.05, 4.69) is 5.32 Å². The number of halogens is 4. The summed E-state index contributed by atoms with van der Waals surface area (Å²) in [5.74, 6) is -0.844. The van der Waals surface area contributed by atoms with Gasteiger partial charge in [0, 0.05) is 0 Å². The molecule has 0 bridgehead atoms. The van der Waals surface area contributed by atoms with E-state index in [4.69, 9.17) is 21.3 Å². The Hall–Kier alpha value is -2.46. The largest absolute Gasteiger partial charge is 0.452 e. The zero-order valence-corrected chi connectivity index (χ0v) is 10.9. The quantitative estimate of drug-likeness (QED) is 0.908. The van der Waals surface area contributed by atoms with Crippen LogP contribution in [0, 0.1) is 11.3 Å². The number of benzene rings is 1. The van der Waals surface area contributed by atoms with Gasteiger partial charge in [-0.05, 0) is 35.9 Å². The highest BCUT2D eigenvalue weighted by atomic mass is 35.5. The van der Waals surface area contributed by atoms with E-state index in [-0.39, 0.29) is 16.3 Å². The summed E-state index contributed by atoms with van der Waals surface area (Å²) >= 11 is 5.59. The highest BCUT2D eigenvalue weighted by Crippen LogP contribution is 2.35. The maximum atomic E-state index is 12.9. The van der Waals surface area contributed by atoms with Crippen LogP contribution in [0.4, 0.5) is 18.9 Å². The second-order valence-corrected chi connectivity index (χ2v) is 4.28. The van der Waals surface area contributed by atoms with Crippen molar-refractivity contribution in [1.82, 2.24) is 0 Å². The van der Waals surface area contributed by atoms with Crippen molar-refractivity contribution >= 4 is 23.2 Å². The van der Waals surface area contributed by atoms with Crippen LogP contribution >= 0.6 is 11.6 Å². The highest BCUT2D eigenvalue weighted by Gasteiger charge is 2.34. The number of nitrogens with zero attached hydrogens (tertiary/aromatic N) is 1. The number of alkyl halides is 3. The molecule has 21 heavy (non-hydrogen) atoms. The van der Waals surface area contributed by atoms with Gasteiger partial charge < -0.3 is 9.73 Å². The lowest BCUT2D eigenvalue weighted by molar-refractivity contribution is -0.136. The number of carbonyl (C=O) groups is 1. The maximum Gasteiger partial charge on any atom is 0.418 e. The van der Waals surface area contributed by atoms with E-state index in [0.29, 0.717) is 6.07 Å². The minimum atomic E-state index is -4.71. The van der Waals surface area contributed by atoms with Gasteiger partial charge in [-0.3, -0.25) is 4.79 Å². The molecule has 0 saturated heterocycles. The van der Waals surface area contributed by atoms with Crippen LogP contribution < -0.4 is 5.32 Å². The third-order valence-electron chi connectivity index (χ3n) is 2.56. The van der Waals surface area contributed by atoms with Crippen molar-refractivity contribution in [3.8, 4) is 6.07 Å². The van der Waals surface area contributed by atoms with E-state index in [1.54, 1.807) is 6.07 Å². The summed E-state index contributed by atoms with van der Waals surface area (Å²) in [5.41, 5.74) is -1.84. The number of furan rings is 1. The van der Waals surface area contributed by atoms with Crippen molar-refractivity contribution in [3.63, 3.8) is 0 Å². The molecule has 0 saturated carbocycles. The van der Waals surface area contributed by atoms with Crippen molar-refractivity contribution < 1.29 is 22.4 Å². The Kier molecular flexibility index (Phi) is 3.91. The van der Waals surface area contributed by atoms with Gasteiger partial charge in [0.2, 0.25) is 5.22 Å². The third kappa shape index (κ3) is 3.17. The molecule has 8 heteroatoms. The van der Waals surface area contributed by atoms with Crippen molar-refractivity contribution in [2.45, 2.75) is 6.18 Å². The standard InChI is InChI=1S/C13H6ClF3N2O2/c14-11-8(3-4-21-11)12(20)19-10-2-1-7(6-18)5-9(10)13(15,16)17/h1-5H,(H,19,20). The first-order valence-electron chi connectivity index (χ1n) is 5.48. The average molecular weight is 315 g/mol. The van der Waals surface area contributed by atoms with Gasteiger partial charge >= 0.3 is 6.18 Å². The summed E-state index contributed by atoms with van der Waals surface area (Å²) in [6, 6.07) is 5.67. The molecule has 108 valence electrons. The van der Waals surface area contributed by atoms with E-state index in [0.717, 1.165) is 12.3 Å². The van der Waals surface area contributed by atoms with Gasteiger partial charge in [0.15, 0.2) is 0 Å². The first-order valence-corrected chi connectivity index (χ1v) is 5.86. The van der Waals surface area contributed by atoms with Gasteiger partial charge in [-0.15, -0.1) is 0 Å². The summed E-state index contributed by atoms with van der Waals surface area (Å²) in [7, 11) is 0. The van der Waals surface area contributed by atoms with Crippen LogP contribution in [0.5, 0.6) is 0 Å². The molecule has 0 spiro atoms. The number of carbonyl (C=O) groups excluding carboxylic acids is 1. The predicted octanol–water partition coefficient (Wildman–Crippen LogP) is 4.08. The van der Waals surface area contributed by atoms with Crippen LogP contribution in [0.25, 0.3) is 0 Å². The Morgan fingerprint density at radius 3 is 2.57 bits per heavy atom. The smallest absolute Gasteiger partial charge is 0.418 e. The number of nitrogens with one attached hydrogen (secondary N) is 1. The molecule has 4 nitrogen and oxygen atoms in total. The Labute approximate surface area is 121 Å². The fourth-order valence-corrected chi connectivity index (χ4v) is 1.80. The van der Waals surface area contributed by atoms with E-state index in [9.17, 15) is 18.0 Å². The van der Waals surface area contributed by atoms with Crippen LogP contribution in [0.2, 0.25) is 5.22 Å². The second kappa shape index (κ2) is 5.50. The summed E-state index contributed by atoms with van der Waals surface area (Å²) in [6.07, 6.45) is -3.57. The van der Waals surface area contributed by atoms with Crippen LogP contribution in [0.15, 0.2) is 34.9 Å². The molecule has 0 unspecified atom stereocenters. The molecular formula is C13H6ClF3N2O2. The molecule has 0 fully saturated rings. The molecule has 1 aromatic heterocycles. The number of anilines is 1. The first-order chi connectivity index (χ1) is 9.82. The normalized spacial score (nSPS) is 11.0. The Morgan fingerprint density at radius 1 is 1.33 bits per heavy atom. The van der Waals surface area contributed by atoms with Gasteiger partial charge in [0.1, 0.15) is 0 Å². The minimum absolute atomic E-state index is 0.0887. The van der Waals surface area contributed by atoms with Crippen LogP contribution in [0.3, 0.4) is 0 Å². The van der Waals surface area contributed by atoms with Crippen LogP contribution in [-0.4, -0.2) is 5.91 Å². The lowest BCUT2D eigenvalue weighted by Gasteiger charge is -2.13. The lowest BCUT2D eigenvalue weighted by Crippen LogP contribution is -2.16. The first kappa shape index (κ1) is 14.9. The number of hydrogen-bond donors (Lipinski definition) is 1. The van der Waals surface area contributed by atoms with Gasteiger partial charge in [-0.1, -0.05) is 0 Å². The SMILES string of the molecule is N#Cc1ccc(NC(=O)c2ccoc2Cl)c(C(F)(F)F)c1. The monoisotopic (exact) mass is 314 g/mol. The lowest BCUT2D eigenvalue weighted by atomic mass is 10.1. The van der Waals surface area contributed by atoms with E-state index >= 15 is 0 Å². The van der Waals surface area contributed by atoms with Crippen molar-refractivity contribution in [2.24, 2.45) is 0 Å². The summed E-state index contributed by atoms with van der Waals surface area (Å²) < 4.78 is 43.5. The van der Waals surface area contributed by atoms with Crippen molar-refractivity contribution in [3.05, 3.63) is 52.4 Å². The topological polar surface area (TPSA) is 66.0 Å². The molecule has 0 aliphatic carbocycles. The molecule has 2 aromatic rings. The second-order valence-electron chi connectivity index (χ2n) is 3.93. The van der Waals surface area contributed by atoms with Gasteiger partial charge in [-0.25, -0.2) is 0 Å². The number of amides is 1. The Morgan fingerprint density at radius 2 is 2.05 bits per heavy atom. The van der Waals surface area contributed by atoms with Gasteiger partial charge in [0.25, 0.3) is 5.91 Å². The van der Waals surface area contributed by atoms with Crippen molar-refractivity contribution in [1.29, 1.82) is 5.26 Å². The zero-order valence-electron chi connectivity index (χ0n) is 10.2. The highest BCUT2D eigenvalue weighted by molar-refractivity contribution is 6.32. The molecule has 1 N–H and O–H groups in total. The fraction of sp³-hybridized carbons (Fsp3) is 0.0769. The fourth-order valence-electron chi connectivity index (χ4n) is 1.60. The summed E-state index contributed by atoms with van der Waals surface area (Å²) in [4.78, 5) is 11.8. The predicted molar refractivity (Wildman–Crippen MR) is 67.8 cm³/mol. The molecule has 0 aliphatic rings. The molecule has 0 radical (unpaired) electrons. The molecule has 2 rings (SSSR count).